The van der Waals surface area contributed by atoms with Gasteiger partial charge in [0.05, 0.1) is 6.61 Å². The number of carbonyl (C=O) groups is 2. The van der Waals surface area contributed by atoms with E-state index in [1.54, 1.807) is 0 Å². The van der Waals surface area contributed by atoms with Gasteiger partial charge in [-0.05, 0) is 80.5 Å². The quantitative estimate of drug-likeness (QED) is 0.458. The van der Waals surface area contributed by atoms with Gasteiger partial charge in [0.1, 0.15) is 0 Å². The first-order valence-corrected chi connectivity index (χ1v) is 12.5. The van der Waals surface area contributed by atoms with Crippen LogP contribution < -0.4 is 10.2 Å². The molecule has 178 valence electrons. The summed E-state index contributed by atoms with van der Waals surface area (Å²) in [5, 5.41) is 2.90. The van der Waals surface area contributed by atoms with Crippen LogP contribution in [0.15, 0.2) is 46.9 Å². The molecule has 1 aliphatic carbocycles. The summed E-state index contributed by atoms with van der Waals surface area (Å²) in [6.07, 6.45) is 1.51. The third kappa shape index (κ3) is 6.28. The van der Waals surface area contributed by atoms with E-state index in [1.807, 2.05) is 50.2 Å². The number of imide groups is 1. The minimum Gasteiger partial charge on any atom is -0.449 e. The Labute approximate surface area is 205 Å². The van der Waals surface area contributed by atoms with Crippen molar-refractivity contribution in [3.63, 3.8) is 0 Å². The van der Waals surface area contributed by atoms with Crippen LogP contribution in [-0.2, 0) is 17.6 Å². The van der Waals surface area contributed by atoms with Crippen LogP contribution in [0.3, 0.4) is 0 Å². The average Bonchev–Trinajstić information content (AvgIpc) is 2.80. The van der Waals surface area contributed by atoms with Crippen LogP contribution in [0.5, 0.6) is 0 Å². The molecule has 3 rings (SSSR count). The molecule has 1 N–H and O–H groups in total. The molecule has 2 aromatic carbocycles. The summed E-state index contributed by atoms with van der Waals surface area (Å²) in [6.45, 7) is 10.3. The molecule has 0 saturated carbocycles. The first-order valence-electron chi connectivity index (χ1n) is 11.7. The lowest BCUT2D eigenvalue weighted by atomic mass is 9.87. The summed E-state index contributed by atoms with van der Waals surface area (Å²) in [5.74, 6) is 0.188. The zero-order chi connectivity index (χ0) is 24.0. The van der Waals surface area contributed by atoms with E-state index in [-0.39, 0.29) is 18.6 Å². The molecule has 0 aromatic heterocycles. The highest BCUT2D eigenvalue weighted by Gasteiger charge is 2.34. The van der Waals surface area contributed by atoms with Crippen LogP contribution in [-0.4, -0.2) is 42.8 Å². The summed E-state index contributed by atoms with van der Waals surface area (Å²) in [6, 6.07) is 13.1. The smallest absolute Gasteiger partial charge is 0.418 e. The van der Waals surface area contributed by atoms with Crippen molar-refractivity contribution >= 4 is 39.4 Å². The fraction of sp³-hybridized carbons (Fsp3) is 0.462. The number of amides is 3. The Kier molecular flexibility index (Phi) is 8.78. The second kappa shape index (κ2) is 11.5. The Morgan fingerprint density at radius 2 is 1.82 bits per heavy atom. The molecule has 1 atom stereocenters. The predicted molar refractivity (Wildman–Crippen MR) is 137 cm³/mol. The standard InChI is InChI=1S/C26H34BrN3O3/c1-5-29(6-2)21-14-11-20(12-15-21)28-25(31)30(26(32)33-17-18(3)4)22-13-10-19-8-7-9-24(27)23(19)16-22/h7-9,11-12,14-15,18,22H,5-6,10,13,16-17H2,1-4H3,(H,28,31). The number of urea groups is 1. The molecule has 0 radical (unpaired) electrons. The van der Waals surface area contributed by atoms with Gasteiger partial charge in [0.15, 0.2) is 0 Å². The third-order valence-corrected chi connectivity index (χ3v) is 6.71. The number of halogens is 1. The molecule has 0 aliphatic heterocycles. The molecule has 6 nitrogen and oxygen atoms in total. The Morgan fingerprint density at radius 1 is 1.12 bits per heavy atom. The van der Waals surface area contributed by atoms with E-state index < -0.39 is 12.1 Å². The molecule has 2 aromatic rings. The number of anilines is 2. The zero-order valence-corrected chi connectivity index (χ0v) is 21.5. The van der Waals surface area contributed by atoms with Crippen molar-refractivity contribution in [2.24, 2.45) is 5.92 Å². The highest BCUT2D eigenvalue weighted by Crippen LogP contribution is 2.31. The summed E-state index contributed by atoms with van der Waals surface area (Å²) < 4.78 is 6.49. The highest BCUT2D eigenvalue weighted by molar-refractivity contribution is 9.10. The number of ether oxygens (including phenoxy) is 1. The van der Waals surface area contributed by atoms with E-state index in [1.165, 1.54) is 10.5 Å². The van der Waals surface area contributed by atoms with Crippen LogP contribution in [0.25, 0.3) is 0 Å². The number of aryl methyl sites for hydroxylation is 1. The van der Waals surface area contributed by atoms with Gasteiger partial charge in [-0.1, -0.05) is 41.9 Å². The SMILES string of the molecule is CCN(CC)c1ccc(NC(=O)N(C(=O)OCC(C)C)C2CCc3cccc(Br)c3C2)cc1. The lowest BCUT2D eigenvalue weighted by Crippen LogP contribution is -2.49. The first kappa shape index (κ1) is 25.1. The maximum absolute atomic E-state index is 13.3. The topological polar surface area (TPSA) is 61.9 Å². The summed E-state index contributed by atoms with van der Waals surface area (Å²) in [4.78, 5) is 29.8. The van der Waals surface area contributed by atoms with Crippen molar-refractivity contribution in [3.05, 3.63) is 58.1 Å². The van der Waals surface area contributed by atoms with Gasteiger partial charge in [-0.2, -0.15) is 0 Å². The number of carbonyl (C=O) groups excluding carboxylic acids is 2. The second-order valence-corrected chi connectivity index (χ2v) is 9.62. The lowest BCUT2D eigenvalue weighted by molar-refractivity contribution is 0.0882. The molecular weight excluding hydrogens is 482 g/mol. The Bertz CT molecular complexity index is 958. The van der Waals surface area contributed by atoms with Gasteiger partial charge in [-0.25, -0.2) is 14.5 Å². The first-order chi connectivity index (χ1) is 15.8. The summed E-state index contributed by atoms with van der Waals surface area (Å²) in [5.41, 5.74) is 4.14. The lowest BCUT2D eigenvalue weighted by Gasteiger charge is -2.33. The van der Waals surface area contributed by atoms with E-state index >= 15 is 0 Å². The normalized spacial score (nSPS) is 15.0. The van der Waals surface area contributed by atoms with Gasteiger partial charge < -0.3 is 15.0 Å². The van der Waals surface area contributed by atoms with E-state index in [0.29, 0.717) is 18.5 Å². The third-order valence-electron chi connectivity index (χ3n) is 5.97. The molecule has 0 fully saturated rings. The average molecular weight is 516 g/mol. The van der Waals surface area contributed by atoms with Gasteiger partial charge in [-0.15, -0.1) is 0 Å². The molecule has 33 heavy (non-hydrogen) atoms. The second-order valence-electron chi connectivity index (χ2n) is 8.76. The maximum Gasteiger partial charge on any atom is 0.418 e. The molecule has 1 aliphatic rings. The monoisotopic (exact) mass is 515 g/mol. The molecule has 1 unspecified atom stereocenters. The number of rotatable bonds is 7. The van der Waals surface area contributed by atoms with Crippen molar-refractivity contribution in [2.45, 2.75) is 53.0 Å². The van der Waals surface area contributed by atoms with Gasteiger partial charge in [0.25, 0.3) is 0 Å². The van der Waals surface area contributed by atoms with Gasteiger partial charge in [0, 0.05) is 35.0 Å². The van der Waals surface area contributed by atoms with E-state index in [0.717, 1.165) is 35.2 Å². The molecule has 0 saturated heterocycles. The summed E-state index contributed by atoms with van der Waals surface area (Å²) >= 11 is 3.63. The van der Waals surface area contributed by atoms with Crippen molar-refractivity contribution in [1.82, 2.24) is 4.90 Å². The van der Waals surface area contributed by atoms with Gasteiger partial charge in [-0.3, -0.25) is 0 Å². The number of nitrogens with one attached hydrogen (secondary N) is 1. The number of hydrogen-bond acceptors (Lipinski definition) is 4. The molecular formula is C26H34BrN3O3. The van der Waals surface area contributed by atoms with Crippen LogP contribution >= 0.6 is 15.9 Å². The Morgan fingerprint density at radius 3 is 2.45 bits per heavy atom. The minimum absolute atomic E-state index is 0.188. The van der Waals surface area contributed by atoms with Crippen LogP contribution in [0, 0.1) is 5.92 Å². The zero-order valence-electron chi connectivity index (χ0n) is 19.9. The van der Waals surface area contributed by atoms with Crippen molar-refractivity contribution in [3.8, 4) is 0 Å². The molecule has 7 heteroatoms. The maximum atomic E-state index is 13.3. The largest absolute Gasteiger partial charge is 0.449 e. The predicted octanol–water partition coefficient (Wildman–Crippen LogP) is 6.48. The van der Waals surface area contributed by atoms with Crippen LogP contribution in [0.4, 0.5) is 21.0 Å². The molecule has 0 bridgehead atoms. The van der Waals surface area contributed by atoms with Crippen molar-refractivity contribution in [1.29, 1.82) is 0 Å². The number of benzene rings is 2. The van der Waals surface area contributed by atoms with Crippen molar-refractivity contribution in [2.75, 3.05) is 29.9 Å². The fourth-order valence-electron chi connectivity index (χ4n) is 4.18. The van der Waals surface area contributed by atoms with E-state index in [2.05, 4.69) is 46.1 Å². The molecule has 3 amide bonds. The summed E-state index contributed by atoms with van der Waals surface area (Å²) in [7, 11) is 0. The van der Waals surface area contributed by atoms with Gasteiger partial charge >= 0.3 is 12.1 Å². The number of nitrogens with zero attached hydrogens (tertiary/aromatic N) is 2. The highest BCUT2D eigenvalue weighted by atomic mass is 79.9. The number of hydrogen-bond donors (Lipinski definition) is 1. The van der Waals surface area contributed by atoms with Crippen LogP contribution in [0.1, 0.15) is 45.2 Å². The van der Waals surface area contributed by atoms with Crippen molar-refractivity contribution < 1.29 is 14.3 Å². The Hall–Kier alpha value is -2.54. The Balaban J connectivity index is 1.80. The fourth-order valence-corrected chi connectivity index (χ4v) is 4.75. The molecule has 0 spiro atoms. The molecule has 0 heterocycles. The van der Waals surface area contributed by atoms with Gasteiger partial charge in [0.2, 0.25) is 0 Å². The minimum atomic E-state index is -0.596. The number of fused-ring (bicyclic) bond motifs is 1. The van der Waals surface area contributed by atoms with E-state index in [4.69, 9.17) is 4.74 Å². The van der Waals surface area contributed by atoms with Crippen LogP contribution in [0.2, 0.25) is 0 Å². The van der Waals surface area contributed by atoms with E-state index in [9.17, 15) is 9.59 Å².